The second-order valence-electron chi connectivity index (χ2n) is 8.18. The van der Waals surface area contributed by atoms with E-state index in [1.165, 1.54) is 24.3 Å². The van der Waals surface area contributed by atoms with E-state index in [1.807, 2.05) is 30.5 Å². The molecule has 3 heterocycles. The normalized spacial score (nSPS) is 19.9. The van der Waals surface area contributed by atoms with Gasteiger partial charge in [-0.15, -0.1) is 0 Å². The number of para-hydroxylation sites is 2. The molecule has 1 aliphatic carbocycles. The van der Waals surface area contributed by atoms with E-state index in [0.29, 0.717) is 18.8 Å². The predicted molar refractivity (Wildman–Crippen MR) is 114 cm³/mol. The Morgan fingerprint density at radius 3 is 2.38 bits per heavy atom. The van der Waals surface area contributed by atoms with Crippen LogP contribution < -0.4 is 14.7 Å². The minimum Gasteiger partial charge on any atom is -0.465 e. The van der Waals surface area contributed by atoms with E-state index < -0.39 is 6.09 Å². The van der Waals surface area contributed by atoms with Crippen LogP contribution in [0, 0.1) is 5.92 Å². The largest absolute Gasteiger partial charge is 0.465 e. The average Bonchev–Trinajstić information content (AvgIpc) is 3.57. The number of rotatable bonds is 4. The fourth-order valence-electron chi connectivity index (χ4n) is 4.38. The van der Waals surface area contributed by atoms with Crippen LogP contribution in [0.1, 0.15) is 12.8 Å². The van der Waals surface area contributed by atoms with Gasteiger partial charge in [0.2, 0.25) is 0 Å². The van der Waals surface area contributed by atoms with Gasteiger partial charge in [0.25, 0.3) is 0 Å². The number of anilines is 4. The van der Waals surface area contributed by atoms with Crippen LogP contribution in [0.15, 0.2) is 42.6 Å². The van der Waals surface area contributed by atoms with E-state index in [4.69, 9.17) is 4.98 Å². The minimum atomic E-state index is -0.916. The van der Waals surface area contributed by atoms with Crippen molar-refractivity contribution >= 4 is 29.0 Å². The molecule has 0 bridgehead atoms. The van der Waals surface area contributed by atoms with Crippen molar-refractivity contribution in [3.8, 4) is 0 Å². The highest BCUT2D eigenvalue weighted by molar-refractivity contribution is 5.93. The Hall–Kier alpha value is -2.80. The van der Waals surface area contributed by atoms with Gasteiger partial charge in [-0.2, -0.15) is 0 Å². The summed E-state index contributed by atoms with van der Waals surface area (Å²) in [5.41, 5.74) is 2.76. The van der Waals surface area contributed by atoms with E-state index in [9.17, 15) is 9.90 Å². The molecule has 2 aromatic rings. The van der Waals surface area contributed by atoms with E-state index in [2.05, 4.69) is 26.8 Å². The zero-order valence-corrected chi connectivity index (χ0v) is 16.6. The molecular weight excluding hydrogens is 366 g/mol. The number of hydrogen-bond donors (Lipinski definition) is 1. The number of aromatic nitrogens is 1. The molecule has 1 amide bonds. The van der Waals surface area contributed by atoms with Crippen molar-refractivity contribution in [3.05, 3.63) is 42.6 Å². The summed E-state index contributed by atoms with van der Waals surface area (Å²) in [5.74, 6) is 1.81. The van der Waals surface area contributed by atoms with Gasteiger partial charge in [-0.1, -0.05) is 12.1 Å². The molecule has 0 atom stereocenters. The van der Waals surface area contributed by atoms with Crippen LogP contribution in [-0.2, 0) is 0 Å². The molecule has 7 nitrogen and oxygen atoms in total. The molecule has 2 fully saturated rings. The molecule has 1 saturated heterocycles. The first-order valence-electron chi connectivity index (χ1n) is 10.5. The van der Waals surface area contributed by atoms with Gasteiger partial charge in [0, 0.05) is 45.8 Å². The minimum absolute atomic E-state index is 0.429. The summed E-state index contributed by atoms with van der Waals surface area (Å²) in [4.78, 5) is 24.8. The van der Waals surface area contributed by atoms with Crippen LogP contribution in [0.2, 0.25) is 0 Å². The highest BCUT2D eigenvalue weighted by atomic mass is 16.4. The summed E-state index contributed by atoms with van der Waals surface area (Å²) in [7, 11) is 0. The Morgan fingerprint density at radius 2 is 1.72 bits per heavy atom. The molecule has 3 aliphatic rings. The Kier molecular flexibility index (Phi) is 4.75. The van der Waals surface area contributed by atoms with Crippen LogP contribution in [0.25, 0.3) is 0 Å². The third-order valence-electron chi connectivity index (χ3n) is 6.20. The number of piperazine rings is 1. The third-order valence-corrected chi connectivity index (χ3v) is 6.20. The van der Waals surface area contributed by atoms with Gasteiger partial charge in [-0.05, 0) is 43.0 Å². The Balaban J connectivity index is 1.29. The predicted octanol–water partition coefficient (Wildman–Crippen LogP) is 3.25. The van der Waals surface area contributed by atoms with E-state index >= 15 is 0 Å². The monoisotopic (exact) mass is 393 g/mol. The van der Waals surface area contributed by atoms with E-state index in [0.717, 1.165) is 49.3 Å². The fourth-order valence-corrected chi connectivity index (χ4v) is 4.38. The van der Waals surface area contributed by atoms with Gasteiger partial charge in [0.05, 0.1) is 23.3 Å². The second kappa shape index (κ2) is 7.55. The lowest BCUT2D eigenvalue weighted by atomic mass is 10.1. The van der Waals surface area contributed by atoms with Gasteiger partial charge >= 0.3 is 6.09 Å². The quantitative estimate of drug-likeness (QED) is 0.860. The van der Waals surface area contributed by atoms with Crippen LogP contribution >= 0.6 is 0 Å². The molecule has 1 saturated carbocycles. The number of pyridine rings is 1. The highest BCUT2D eigenvalue weighted by Gasteiger charge is 2.28. The maximum Gasteiger partial charge on any atom is 0.411 e. The van der Waals surface area contributed by atoms with Crippen molar-refractivity contribution in [2.24, 2.45) is 5.92 Å². The van der Waals surface area contributed by atoms with Crippen molar-refractivity contribution in [1.82, 2.24) is 9.88 Å². The molecule has 1 N–H and O–H groups in total. The Labute approximate surface area is 171 Å². The Morgan fingerprint density at radius 1 is 0.966 bits per heavy atom. The third kappa shape index (κ3) is 3.74. The van der Waals surface area contributed by atoms with Crippen molar-refractivity contribution in [3.63, 3.8) is 0 Å². The smallest absolute Gasteiger partial charge is 0.411 e. The second-order valence-corrected chi connectivity index (χ2v) is 8.18. The molecule has 0 radical (unpaired) electrons. The molecule has 0 spiro atoms. The highest BCUT2D eigenvalue weighted by Crippen LogP contribution is 2.37. The molecule has 1 aromatic carbocycles. The Bertz CT molecular complexity index is 875. The SMILES string of the molecule is O=C(O)N1CCN(c2ccc(N3CCN(CC4CC4)CC3)cn2)c2ccccc21. The maximum absolute atomic E-state index is 11.5. The number of amides is 1. The first kappa shape index (κ1) is 18.2. The van der Waals surface area contributed by atoms with Gasteiger partial charge in [0.15, 0.2) is 0 Å². The number of hydrogen-bond acceptors (Lipinski definition) is 5. The molecule has 7 heteroatoms. The van der Waals surface area contributed by atoms with E-state index in [1.54, 1.807) is 0 Å². The molecule has 5 rings (SSSR count). The summed E-state index contributed by atoms with van der Waals surface area (Å²) < 4.78 is 0. The van der Waals surface area contributed by atoms with Crippen LogP contribution in [0.4, 0.5) is 27.7 Å². The van der Waals surface area contributed by atoms with Crippen molar-refractivity contribution < 1.29 is 9.90 Å². The van der Waals surface area contributed by atoms with Crippen molar-refractivity contribution in [1.29, 1.82) is 0 Å². The summed E-state index contributed by atoms with van der Waals surface area (Å²) >= 11 is 0. The summed E-state index contributed by atoms with van der Waals surface area (Å²) in [6, 6.07) is 11.8. The number of carboxylic acid groups (broad SMARTS) is 1. The maximum atomic E-state index is 11.5. The zero-order chi connectivity index (χ0) is 19.8. The molecule has 0 unspecified atom stereocenters. The van der Waals surface area contributed by atoms with Gasteiger partial charge in [-0.25, -0.2) is 9.78 Å². The topological polar surface area (TPSA) is 63.2 Å². The van der Waals surface area contributed by atoms with Crippen LogP contribution in [0.3, 0.4) is 0 Å². The summed E-state index contributed by atoms with van der Waals surface area (Å²) in [5, 5.41) is 9.48. The van der Waals surface area contributed by atoms with E-state index in [-0.39, 0.29) is 0 Å². The lowest BCUT2D eigenvalue weighted by Crippen LogP contribution is -2.47. The van der Waals surface area contributed by atoms with Crippen molar-refractivity contribution in [2.75, 3.05) is 60.5 Å². The average molecular weight is 393 g/mol. The molecule has 29 heavy (non-hydrogen) atoms. The standard InChI is InChI=1S/C22H27N5O2/c28-22(29)27-14-13-26(19-3-1-2-4-20(19)27)21-8-7-18(15-23-21)25-11-9-24(10-12-25)16-17-5-6-17/h1-4,7-8,15,17H,5-6,9-14,16H2,(H,28,29). The summed E-state index contributed by atoms with van der Waals surface area (Å²) in [6.07, 6.45) is 3.87. The number of benzene rings is 1. The molecular formula is C22H27N5O2. The molecule has 152 valence electrons. The number of carbonyl (C=O) groups is 1. The number of nitrogens with zero attached hydrogens (tertiary/aromatic N) is 5. The molecule has 1 aromatic heterocycles. The fraction of sp³-hybridized carbons (Fsp3) is 0.455. The van der Waals surface area contributed by atoms with Crippen LogP contribution in [0.5, 0.6) is 0 Å². The number of fused-ring (bicyclic) bond motifs is 1. The summed E-state index contributed by atoms with van der Waals surface area (Å²) in [6.45, 7) is 6.65. The lowest BCUT2D eigenvalue weighted by molar-refractivity contribution is 0.201. The van der Waals surface area contributed by atoms with Gasteiger partial charge in [-0.3, -0.25) is 9.80 Å². The van der Waals surface area contributed by atoms with Gasteiger partial charge < -0.3 is 14.9 Å². The first-order chi connectivity index (χ1) is 14.2. The first-order valence-corrected chi connectivity index (χ1v) is 10.5. The van der Waals surface area contributed by atoms with Crippen molar-refractivity contribution in [2.45, 2.75) is 12.8 Å². The van der Waals surface area contributed by atoms with Gasteiger partial charge in [0.1, 0.15) is 5.82 Å². The zero-order valence-electron chi connectivity index (χ0n) is 16.6. The lowest BCUT2D eigenvalue weighted by Gasteiger charge is -2.37. The molecule has 2 aliphatic heterocycles. The van der Waals surface area contributed by atoms with Crippen LogP contribution in [-0.4, -0.2) is 66.9 Å².